The second kappa shape index (κ2) is 6.10. The van der Waals surface area contributed by atoms with Crippen LogP contribution in [0.15, 0.2) is 46.4 Å². The van der Waals surface area contributed by atoms with Gasteiger partial charge in [0.25, 0.3) is 0 Å². The first-order valence-corrected chi connectivity index (χ1v) is 9.38. The molecule has 3 rings (SSSR count). The summed E-state index contributed by atoms with van der Waals surface area (Å²) >= 11 is 1.55. The van der Waals surface area contributed by atoms with Crippen LogP contribution < -0.4 is 0 Å². The second-order valence-electron chi connectivity index (χ2n) is 5.10. The molecule has 1 aliphatic rings. The molecule has 1 fully saturated rings. The molecule has 5 nitrogen and oxygen atoms in total. The molecule has 2 aromatic rings. The van der Waals surface area contributed by atoms with E-state index in [1.54, 1.807) is 29.5 Å². The van der Waals surface area contributed by atoms with Crippen LogP contribution in [0.25, 0.3) is 6.08 Å². The third-order valence-electron chi connectivity index (χ3n) is 3.52. The van der Waals surface area contributed by atoms with Crippen LogP contribution in [0.1, 0.15) is 10.6 Å². The van der Waals surface area contributed by atoms with Gasteiger partial charge in [-0.25, -0.2) is 8.42 Å². The maximum absolute atomic E-state index is 12.2. The Morgan fingerprint density at radius 2 is 2.18 bits per heavy atom. The van der Waals surface area contributed by atoms with Gasteiger partial charge in [-0.3, -0.25) is 4.79 Å². The zero-order valence-corrected chi connectivity index (χ0v) is 13.3. The molecule has 0 radical (unpaired) electrons. The largest absolute Gasteiger partial charge is 0.468 e. The van der Waals surface area contributed by atoms with Crippen LogP contribution in [-0.4, -0.2) is 37.6 Å². The third-order valence-corrected chi connectivity index (χ3v) is 6.36. The number of thiophene rings is 1. The molecule has 116 valence electrons. The Hall–Kier alpha value is -1.86. The first kappa shape index (κ1) is 15.1. The molecule has 0 bridgehead atoms. The van der Waals surface area contributed by atoms with E-state index < -0.39 is 15.1 Å². The van der Waals surface area contributed by atoms with Gasteiger partial charge in [0.05, 0.1) is 11.5 Å². The Morgan fingerprint density at radius 3 is 2.82 bits per heavy atom. The summed E-state index contributed by atoms with van der Waals surface area (Å²) in [5, 5.41) is 1.43. The highest BCUT2D eigenvalue weighted by Gasteiger charge is 2.39. The van der Waals surface area contributed by atoms with Crippen LogP contribution in [0.4, 0.5) is 0 Å². The molecular formula is C15H15NO4S2. The molecule has 3 heterocycles. The van der Waals surface area contributed by atoms with Crippen LogP contribution in [-0.2, 0) is 20.4 Å². The number of likely N-dealkylation sites (tertiary alicyclic amines) is 1. The van der Waals surface area contributed by atoms with Crippen molar-refractivity contribution in [1.29, 1.82) is 0 Å². The normalized spacial score (nSPS) is 16.1. The predicted octanol–water partition coefficient (Wildman–Crippen LogP) is 2.18. The molecule has 7 heteroatoms. The number of carbonyl (C=O) groups is 1. The molecule has 0 unspecified atom stereocenters. The molecule has 0 N–H and O–H groups in total. The zero-order valence-electron chi connectivity index (χ0n) is 11.7. The summed E-state index contributed by atoms with van der Waals surface area (Å²) in [6.45, 7) is 0.493. The van der Waals surface area contributed by atoms with Gasteiger partial charge < -0.3 is 9.32 Å². The number of carbonyl (C=O) groups excluding carboxylic acids is 1. The maximum atomic E-state index is 12.2. The first-order valence-electron chi connectivity index (χ1n) is 6.79. The lowest BCUT2D eigenvalue weighted by atomic mass is 10.2. The van der Waals surface area contributed by atoms with Crippen LogP contribution in [0.3, 0.4) is 0 Å². The zero-order chi connectivity index (χ0) is 15.6. The van der Waals surface area contributed by atoms with Gasteiger partial charge in [0.2, 0.25) is 5.91 Å². The van der Waals surface area contributed by atoms with Crippen LogP contribution in [0.2, 0.25) is 0 Å². The number of furan rings is 1. The molecule has 0 aliphatic carbocycles. The van der Waals surface area contributed by atoms with Crippen molar-refractivity contribution < 1.29 is 17.6 Å². The molecule has 0 saturated carbocycles. The first-order chi connectivity index (χ1) is 10.5. The molecule has 1 saturated heterocycles. The van der Waals surface area contributed by atoms with E-state index in [4.69, 9.17) is 4.42 Å². The molecule has 0 spiro atoms. The van der Waals surface area contributed by atoms with Crippen LogP contribution >= 0.6 is 11.3 Å². The van der Waals surface area contributed by atoms with E-state index in [2.05, 4.69) is 0 Å². The molecule has 0 atom stereocenters. The average Bonchev–Trinajstić information content (AvgIpc) is 3.06. The van der Waals surface area contributed by atoms with E-state index in [9.17, 15) is 13.2 Å². The summed E-state index contributed by atoms with van der Waals surface area (Å²) < 4.78 is 29.4. The summed E-state index contributed by atoms with van der Waals surface area (Å²) in [4.78, 5) is 14.5. The fourth-order valence-corrected chi connectivity index (χ4v) is 4.43. The van der Waals surface area contributed by atoms with Crippen LogP contribution in [0, 0.1) is 0 Å². The van der Waals surface area contributed by atoms with E-state index in [1.807, 2.05) is 17.5 Å². The minimum absolute atomic E-state index is 0.113. The van der Waals surface area contributed by atoms with Gasteiger partial charge in [0.1, 0.15) is 11.5 Å². The molecule has 2 aromatic heterocycles. The Kier molecular flexibility index (Phi) is 4.17. The summed E-state index contributed by atoms with van der Waals surface area (Å²) in [6.07, 6.45) is 4.69. The minimum Gasteiger partial charge on any atom is -0.468 e. The van der Waals surface area contributed by atoms with E-state index >= 15 is 0 Å². The average molecular weight is 337 g/mol. The monoisotopic (exact) mass is 337 g/mol. The van der Waals surface area contributed by atoms with Crippen molar-refractivity contribution in [3.63, 3.8) is 0 Å². The number of hydrogen-bond donors (Lipinski definition) is 0. The van der Waals surface area contributed by atoms with Gasteiger partial charge in [-0.15, -0.1) is 11.3 Å². The summed E-state index contributed by atoms with van der Waals surface area (Å²) in [5.74, 6) is 0.165. The van der Waals surface area contributed by atoms with Gasteiger partial charge in [-0.05, 0) is 29.7 Å². The SMILES string of the molecule is O=C(C=Cc1cccs1)N1CC(S(=O)(=O)Cc2ccco2)C1. The quantitative estimate of drug-likeness (QED) is 0.784. The summed E-state index contributed by atoms with van der Waals surface area (Å²) in [6, 6.07) is 7.14. The lowest BCUT2D eigenvalue weighted by Gasteiger charge is -2.37. The molecule has 1 amide bonds. The molecular weight excluding hydrogens is 322 g/mol. The topological polar surface area (TPSA) is 67.6 Å². The van der Waals surface area contributed by atoms with Crippen molar-refractivity contribution in [2.24, 2.45) is 0 Å². The van der Waals surface area contributed by atoms with Crippen molar-refractivity contribution in [1.82, 2.24) is 4.90 Å². The fraction of sp³-hybridized carbons (Fsp3) is 0.267. The van der Waals surface area contributed by atoms with Gasteiger partial charge in [-0.2, -0.15) is 0 Å². The van der Waals surface area contributed by atoms with Crippen molar-refractivity contribution in [3.8, 4) is 0 Å². The maximum Gasteiger partial charge on any atom is 0.246 e. The standard InChI is InChI=1S/C15H15NO4S2/c17-15(6-5-13-4-2-8-21-13)16-9-14(10-16)22(18,19)11-12-3-1-7-20-12/h1-8,14H,9-11H2. The van der Waals surface area contributed by atoms with Gasteiger partial charge in [-0.1, -0.05) is 6.07 Å². The Balaban J connectivity index is 1.54. The van der Waals surface area contributed by atoms with E-state index in [0.29, 0.717) is 5.76 Å². The lowest BCUT2D eigenvalue weighted by Crippen LogP contribution is -2.56. The van der Waals surface area contributed by atoms with Crippen molar-refractivity contribution in [3.05, 3.63) is 52.6 Å². The summed E-state index contributed by atoms with van der Waals surface area (Å²) in [7, 11) is -3.28. The molecule has 22 heavy (non-hydrogen) atoms. The number of nitrogens with zero attached hydrogens (tertiary/aromatic N) is 1. The van der Waals surface area contributed by atoms with Gasteiger partial charge in [0, 0.05) is 24.0 Å². The number of rotatable bonds is 5. The van der Waals surface area contributed by atoms with Crippen molar-refractivity contribution in [2.75, 3.05) is 13.1 Å². The molecule has 0 aromatic carbocycles. The highest BCUT2D eigenvalue weighted by Crippen LogP contribution is 2.21. The highest BCUT2D eigenvalue weighted by atomic mass is 32.2. The number of amides is 1. The van der Waals surface area contributed by atoms with Gasteiger partial charge >= 0.3 is 0 Å². The Labute approximate surface area is 132 Å². The van der Waals surface area contributed by atoms with Crippen molar-refractivity contribution in [2.45, 2.75) is 11.0 Å². The summed E-state index contributed by atoms with van der Waals surface area (Å²) in [5.41, 5.74) is 0. The predicted molar refractivity (Wildman–Crippen MR) is 85.1 cm³/mol. The van der Waals surface area contributed by atoms with E-state index in [0.717, 1.165) is 4.88 Å². The van der Waals surface area contributed by atoms with Crippen LogP contribution in [0.5, 0.6) is 0 Å². The number of sulfone groups is 1. The Morgan fingerprint density at radius 1 is 1.36 bits per heavy atom. The lowest BCUT2D eigenvalue weighted by molar-refractivity contribution is -0.128. The smallest absolute Gasteiger partial charge is 0.246 e. The van der Waals surface area contributed by atoms with Crippen molar-refractivity contribution >= 4 is 33.2 Å². The van der Waals surface area contributed by atoms with E-state index in [1.165, 1.54) is 17.2 Å². The third kappa shape index (κ3) is 3.31. The van der Waals surface area contributed by atoms with E-state index in [-0.39, 0.29) is 24.7 Å². The highest BCUT2D eigenvalue weighted by molar-refractivity contribution is 7.91. The minimum atomic E-state index is -3.28. The Bertz CT molecular complexity index is 755. The fourth-order valence-electron chi connectivity index (χ4n) is 2.20. The number of hydrogen-bond acceptors (Lipinski definition) is 5. The van der Waals surface area contributed by atoms with Gasteiger partial charge in [0.15, 0.2) is 9.84 Å². The second-order valence-corrected chi connectivity index (χ2v) is 8.36. The molecule has 1 aliphatic heterocycles.